The smallest absolute Gasteiger partial charge is 0.290 e. The number of carbonyl (C=O) groups is 4. The van der Waals surface area contributed by atoms with Crippen molar-refractivity contribution in [1.82, 2.24) is 10.9 Å². The van der Waals surface area contributed by atoms with Crippen LogP contribution in [0.25, 0.3) is 0 Å². The molecule has 0 radical (unpaired) electrons. The molecule has 4 amide bonds. The van der Waals surface area contributed by atoms with Crippen LogP contribution in [-0.2, 0) is 0 Å². The van der Waals surface area contributed by atoms with Gasteiger partial charge in [0.25, 0.3) is 23.6 Å². The van der Waals surface area contributed by atoms with Gasteiger partial charge in [-0.05, 0) is 24.3 Å². The van der Waals surface area contributed by atoms with Crippen LogP contribution in [0.3, 0.4) is 0 Å². The number of hydrazine groups is 2. The summed E-state index contributed by atoms with van der Waals surface area (Å²) < 4.78 is 0. The van der Waals surface area contributed by atoms with Gasteiger partial charge in [0.15, 0.2) is 0 Å². The maximum atomic E-state index is 11.2. The molecule has 132 valence electrons. The van der Waals surface area contributed by atoms with Crippen molar-refractivity contribution in [3.05, 3.63) is 70.8 Å². The molecular formula is C16H14N6O4. The summed E-state index contributed by atoms with van der Waals surface area (Å²) in [5.41, 5.74) is 4.90. The normalized spacial score (nSPS) is 11.8. The Labute approximate surface area is 147 Å². The monoisotopic (exact) mass is 354 g/mol. The van der Waals surface area contributed by atoms with E-state index < -0.39 is 23.6 Å². The van der Waals surface area contributed by atoms with Crippen LogP contribution >= 0.6 is 0 Å². The predicted octanol–water partition coefficient (Wildman–Crippen LogP) is 0.326. The van der Waals surface area contributed by atoms with E-state index in [0.29, 0.717) is 11.1 Å². The van der Waals surface area contributed by atoms with Crippen LogP contribution in [0.5, 0.6) is 0 Å². The van der Waals surface area contributed by atoms with Gasteiger partial charge < -0.3 is 0 Å². The summed E-state index contributed by atoms with van der Waals surface area (Å²) >= 11 is 0. The summed E-state index contributed by atoms with van der Waals surface area (Å²) in [4.78, 5) is 44.4. The number of carbonyl (C=O) groups excluding carboxylic acids is 4. The number of azo groups is 1. The van der Waals surface area contributed by atoms with Gasteiger partial charge in [0.2, 0.25) is 0 Å². The van der Waals surface area contributed by atoms with E-state index in [1.165, 1.54) is 12.1 Å². The first-order valence-corrected chi connectivity index (χ1v) is 7.20. The average molecular weight is 354 g/mol. The lowest BCUT2D eigenvalue weighted by Crippen LogP contribution is -2.35. The highest BCUT2D eigenvalue weighted by atomic mass is 16.2. The van der Waals surface area contributed by atoms with Gasteiger partial charge in [-0.25, -0.2) is 11.7 Å². The zero-order valence-corrected chi connectivity index (χ0v) is 13.3. The van der Waals surface area contributed by atoms with Crippen molar-refractivity contribution >= 4 is 23.6 Å². The maximum Gasteiger partial charge on any atom is 0.296 e. The molecule has 6 N–H and O–H groups in total. The molecule has 0 spiro atoms. The number of fused-ring (bicyclic) bond motifs is 1. The molecule has 26 heavy (non-hydrogen) atoms. The Hall–Kier alpha value is -3.76. The van der Waals surface area contributed by atoms with Crippen LogP contribution in [0, 0.1) is 0 Å². The van der Waals surface area contributed by atoms with Crippen LogP contribution in [0.15, 0.2) is 58.8 Å². The van der Waals surface area contributed by atoms with Crippen LogP contribution in [-0.4, -0.2) is 23.6 Å². The third-order valence-electron chi connectivity index (χ3n) is 3.30. The molecule has 10 nitrogen and oxygen atoms in total. The van der Waals surface area contributed by atoms with Crippen LogP contribution in [0.1, 0.15) is 41.4 Å². The first-order chi connectivity index (χ1) is 12.5. The molecular weight excluding hydrogens is 340 g/mol. The molecule has 0 aliphatic carbocycles. The van der Waals surface area contributed by atoms with Gasteiger partial charge in [0, 0.05) is 0 Å². The van der Waals surface area contributed by atoms with Gasteiger partial charge in [0.1, 0.15) is 0 Å². The molecule has 0 atom stereocenters. The molecule has 0 saturated heterocycles. The van der Waals surface area contributed by atoms with E-state index in [1.807, 2.05) is 10.9 Å². The van der Waals surface area contributed by atoms with Crippen molar-refractivity contribution in [3.63, 3.8) is 0 Å². The topological polar surface area (TPSA) is 169 Å². The Morgan fingerprint density at radius 3 is 1.38 bits per heavy atom. The molecule has 3 rings (SSSR count). The Kier molecular flexibility index (Phi) is 5.98. The van der Waals surface area contributed by atoms with E-state index in [4.69, 9.17) is 11.7 Å². The van der Waals surface area contributed by atoms with Crippen LogP contribution in [0.4, 0.5) is 0 Å². The Morgan fingerprint density at radius 1 is 0.692 bits per heavy atom. The first kappa shape index (κ1) is 18.6. The Bertz CT molecular complexity index is 837. The lowest BCUT2D eigenvalue weighted by atomic mass is 10.1. The molecule has 2 aromatic rings. The lowest BCUT2D eigenvalue weighted by Gasteiger charge is -2.05. The zero-order chi connectivity index (χ0) is 19.1. The fourth-order valence-electron chi connectivity index (χ4n) is 2.09. The van der Waals surface area contributed by atoms with E-state index in [1.54, 1.807) is 36.4 Å². The van der Waals surface area contributed by atoms with Crippen molar-refractivity contribution in [2.24, 2.45) is 21.9 Å². The largest absolute Gasteiger partial charge is 0.296 e. The number of nitrogens with zero attached hydrogens (tertiary/aromatic N) is 2. The van der Waals surface area contributed by atoms with E-state index in [2.05, 4.69) is 10.2 Å². The number of hydrogen-bond donors (Lipinski definition) is 4. The van der Waals surface area contributed by atoms with Crippen LogP contribution in [0.2, 0.25) is 0 Å². The molecule has 0 unspecified atom stereocenters. The van der Waals surface area contributed by atoms with Gasteiger partial charge in [0.05, 0.1) is 22.3 Å². The van der Waals surface area contributed by atoms with E-state index in [9.17, 15) is 19.2 Å². The van der Waals surface area contributed by atoms with E-state index in [-0.39, 0.29) is 11.1 Å². The molecule has 0 saturated carbocycles. The van der Waals surface area contributed by atoms with Crippen molar-refractivity contribution in [2.75, 3.05) is 0 Å². The third-order valence-corrected chi connectivity index (χ3v) is 3.30. The van der Waals surface area contributed by atoms with E-state index >= 15 is 0 Å². The minimum absolute atomic E-state index is 0.179. The Morgan fingerprint density at radius 2 is 1.04 bits per heavy atom. The summed E-state index contributed by atoms with van der Waals surface area (Å²) in [6.45, 7) is 0. The molecule has 1 aliphatic rings. The number of amides is 4. The number of nitrogens with two attached hydrogens (primary N) is 2. The van der Waals surface area contributed by atoms with Crippen molar-refractivity contribution in [2.45, 2.75) is 0 Å². The second kappa shape index (κ2) is 8.37. The molecule has 0 fully saturated rings. The second-order valence-corrected chi connectivity index (χ2v) is 4.85. The number of rotatable bonds is 2. The highest BCUT2D eigenvalue weighted by Crippen LogP contribution is 2.15. The molecule has 1 heterocycles. The lowest BCUT2D eigenvalue weighted by molar-refractivity contribution is 0.0919. The minimum Gasteiger partial charge on any atom is -0.290 e. The minimum atomic E-state index is -0.538. The number of benzene rings is 2. The fourth-order valence-corrected chi connectivity index (χ4v) is 2.09. The summed E-state index contributed by atoms with van der Waals surface area (Å²) in [5, 5.41) is 6.38. The molecule has 0 bridgehead atoms. The summed E-state index contributed by atoms with van der Waals surface area (Å²) in [7, 11) is 0. The second-order valence-electron chi connectivity index (χ2n) is 4.85. The number of hydrogen-bond acceptors (Lipinski definition) is 6. The molecule has 10 heteroatoms. The van der Waals surface area contributed by atoms with Crippen LogP contribution < -0.4 is 22.5 Å². The average Bonchev–Trinajstić information content (AvgIpc) is 2.70. The number of nitrogen functional groups attached to an aromatic ring is 2. The maximum absolute atomic E-state index is 11.2. The van der Waals surface area contributed by atoms with Crippen molar-refractivity contribution < 1.29 is 19.2 Å². The van der Waals surface area contributed by atoms with Crippen molar-refractivity contribution in [3.8, 4) is 0 Å². The predicted molar refractivity (Wildman–Crippen MR) is 89.7 cm³/mol. The summed E-state index contributed by atoms with van der Waals surface area (Å²) in [6.07, 6.45) is 0. The Balaban J connectivity index is 0.000000189. The highest BCUT2D eigenvalue weighted by Gasteiger charge is 2.20. The van der Waals surface area contributed by atoms with E-state index in [0.717, 1.165) is 0 Å². The highest BCUT2D eigenvalue weighted by molar-refractivity contribution is 6.10. The van der Waals surface area contributed by atoms with Gasteiger partial charge in [-0.15, -0.1) is 10.2 Å². The van der Waals surface area contributed by atoms with Gasteiger partial charge in [-0.1, -0.05) is 24.3 Å². The summed E-state index contributed by atoms with van der Waals surface area (Å²) in [5.74, 6) is 7.92. The molecule has 1 aliphatic heterocycles. The summed E-state index contributed by atoms with van der Waals surface area (Å²) in [6, 6.07) is 12.7. The SMILES string of the molecule is NNC(=O)c1ccccc1C(=O)NN.O=C1N=NC(=O)c2ccccc21. The van der Waals surface area contributed by atoms with Gasteiger partial charge >= 0.3 is 0 Å². The van der Waals surface area contributed by atoms with Gasteiger partial charge in [-0.3, -0.25) is 30.0 Å². The van der Waals surface area contributed by atoms with Gasteiger partial charge in [-0.2, -0.15) is 0 Å². The third kappa shape index (κ3) is 4.01. The quantitative estimate of drug-likeness (QED) is 0.344. The molecule has 2 aromatic carbocycles. The fraction of sp³-hybridized carbons (Fsp3) is 0. The molecule has 0 aromatic heterocycles. The standard InChI is InChI=1S/C8H10N4O2.C8H4N2O2/c9-11-7(13)5-3-1-2-4-6(5)8(14)12-10;11-7-5-3-1-2-4-6(5)8(12)10-9-7/h1-4H,9-10H2,(H,11,13)(H,12,14);1-4H. The number of nitrogens with one attached hydrogen (secondary N) is 2. The van der Waals surface area contributed by atoms with Crippen molar-refractivity contribution in [1.29, 1.82) is 0 Å². The first-order valence-electron chi connectivity index (χ1n) is 7.20. The zero-order valence-electron chi connectivity index (χ0n) is 13.3.